The van der Waals surface area contributed by atoms with E-state index in [1.165, 1.54) is 5.56 Å². The minimum atomic E-state index is -0.103. The van der Waals surface area contributed by atoms with Crippen LogP contribution in [0.1, 0.15) is 23.8 Å². The first-order valence-corrected chi connectivity index (χ1v) is 8.02. The van der Waals surface area contributed by atoms with Gasteiger partial charge in [-0.2, -0.15) is 0 Å². The summed E-state index contributed by atoms with van der Waals surface area (Å²) in [7, 11) is 0. The van der Waals surface area contributed by atoms with E-state index in [4.69, 9.17) is 4.42 Å². The first-order chi connectivity index (χ1) is 10.8. The summed E-state index contributed by atoms with van der Waals surface area (Å²) in [6.07, 6.45) is 3.86. The Hall–Kier alpha value is -1.62. The van der Waals surface area contributed by atoms with Gasteiger partial charge in [-0.05, 0) is 37.1 Å². The summed E-state index contributed by atoms with van der Waals surface area (Å²) in [6, 6.07) is 14.7. The molecule has 1 saturated heterocycles. The number of nitrogens with zero attached hydrogens (tertiary/aromatic N) is 1. The largest absolute Gasteiger partial charge is 0.468 e. The molecule has 1 aromatic carbocycles. The number of furan rings is 1. The highest BCUT2D eigenvalue weighted by Gasteiger charge is 2.25. The van der Waals surface area contributed by atoms with Crippen LogP contribution in [0.2, 0.25) is 0 Å². The summed E-state index contributed by atoms with van der Waals surface area (Å²) in [4.78, 5) is 2.49. The Morgan fingerprint density at radius 3 is 2.82 bits per heavy atom. The van der Waals surface area contributed by atoms with Crippen molar-refractivity contribution in [3.05, 3.63) is 60.1 Å². The molecule has 0 bridgehead atoms. The molecular formula is C18H24N2O2. The van der Waals surface area contributed by atoms with Crippen molar-refractivity contribution in [1.29, 1.82) is 0 Å². The van der Waals surface area contributed by atoms with Crippen LogP contribution >= 0.6 is 0 Å². The van der Waals surface area contributed by atoms with Crippen LogP contribution < -0.4 is 5.32 Å². The van der Waals surface area contributed by atoms with Crippen LogP contribution in [0, 0.1) is 0 Å². The van der Waals surface area contributed by atoms with Crippen molar-refractivity contribution in [2.45, 2.75) is 24.9 Å². The molecule has 4 heteroatoms. The first-order valence-electron chi connectivity index (χ1n) is 8.02. The second kappa shape index (κ2) is 7.58. The van der Waals surface area contributed by atoms with Gasteiger partial charge in [0.05, 0.1) is 18.9 Å². The van der Waals surface area contributed by atoms with Gasteiger partial charge >= 0.3 is 0 Å². The molecule has 4 nitrogen and oxygen atoms in total. The minimum absolute atomic E-state index is 0.0635. The predicted octanol–water partition coefficient (Wildman–Crippen LogP) is 2.22. The number of rotatable bonds is 7. The number of aliphatic hydroxyl groups excluding tert-OH is 1. The van der Waals surface area contributed by atoms with Crippen LogP contribution in [-0.2, 0) is 6.42 Å². The topological polar surface area (TPSA) is 48.6 Å². The van der Waals surface area contributed by atoms with E-state index in [0.29, 0.717) is 6.04 Å². The zero-order chi connectivity index (χ0) is 15.2. The molecule has 22 heavy (non-hydrogen) atoms. The molecule has 2 atom stereocenters. The van der Waals surface area contributed by atoms with Gasteiger partial charge in [-0.25, -0.2) is 0 Å². The fraction of sp³-hybridized carbons (Fsp3) is 0.444. The highest BCUT2D eigenvalue weighted by molar-refractivity contribution is 5.15. The lowest BCUT2D eigenvalue weighted by atomic mass is 10.1. The highest BCUT2D eigenvalue weighted by Crippen LogP contribution is 2.17. The summed E-state index contributed by atoms with van der Waals surface area (Å²) < 4.78 is 5.39. The number of hydrogen-bond donors (Lipinski definition) is 2. The van der Waals surface area contributed by atoms with Crippen LogP contribution in [0.4, 0.5) is 0 Å². The van der Waals surface area contributed by atoms with Gasteiger partial charge in [0.15, 0.2) is 0 Å². The lowest BCUT2D eigenvalue weighted by Gasteiger charge is -2.20. The van der Waals surface area contributed by atoms with E-state index < -0.39 is 0 Å². The molecule has 1 aliphatic heterocycles. The first kappa shape index (κ1) is 15.3. The molecule has 118 valence electrons. The van der Waals surface area contributed by atoms with Crippen molar-refractivity contribution < 1.29 is 9.52 Å². The van der Waals surface area contributed by atoms with E-state index >= 15 is 0 Å². The summed E-state index contributed by atoms with van der Waals surface area (Å²) in [5, 5.41) is 13.1. The fourth-order valence-corrected chi connectivity index (χ4v) is 3.10. The molecule has 2 aromatic rings. The average molecular weight is 300 g/mol. The van der Waals surface area contributed by atoms with Gasteiger partial charge < -0.3 is 19.7 Å². The number of aliphatic hydroxyl groups is 1. The van der Waals surface area contributed by atoms with E-state index in [1.54, 1.807) is 6.26 Å². The van der Waals surface area contributed by atoms with Crippen molar-refractivity contribution in [3.63, 3.8) is 0 Å². The number of nitrogens with one attached hydrogen (secondary N) is 1. The summed E-state index contributed by atoms with van der Waals surface area (Å²) in [5.41, 5.74) is 1.39. The molecule has 0 aliphatic carbocycles. The molecule has 0 amide bonds. The van der Waals surface area contributed by atoms with Crippen molar-refractivity contribution in [2.24, 2.45) is 0 Å². The van der Waals surface area contributed by atoms with Crippen LogP contribution in [0.5, 0.6) is 0 Å². The van der Waals surface area contributed by atoms with Crippen molar-refractivity contribution in [1.82, 2.24) is 10.2 Å². The van der Waals surface area contributed by atoms with Crippen molar-refractivity contribution in [2.75, 3.05) is 26.2 Å². The number of hydrogen-bond acceptors (Lipinski definition) is 4. The molecule has 2 N–H and O–H groups in total. The van der Waals surface area contributed by atoms with Crippen LogP contribution in [0.3, 0.4) is 0 Å². The van der Waals surface area contributed by atoms with Crippen LogP contribution in [-0.4, -0.2) is 42.3 Å². The van der Waals surface area contributed by atoms with Gasteiger partial charge in [0, 0.05) is 19.1 Å². The Morgan fingerprint density at radius 1 is 1.23 bits per heavy atom. The smallest absolute Gasteiger partial charge is 0.123 e. The maximum absolute atomic E-state index is 9.54. The third-order valence-electron chi connectivity index (χ3n) is 4.34. The van der Waals surface area contributed by atoms with Gasteiger partial charge in [-0.15, -0.1) is 0 Å². The molecule has 0 spiro atoms. The molecule has 3 rings (SSSR count). The summed E-state index contributed by atoms with van der Waals surface area (Å²) >= 11 is 0. The van der Waals surface area contributed by atoms with Crippen LogP contribution in [0.15, 0.2) is 53.1 Å². The second-order valence-electron chi connectivity index (χ2n) is 5.94. The normalized spacial score (nSPS) is 20.3. The van der Waals surface area contributed by atoms with Crippen molar-refractivity contribution in [3.8, 4) is 0 Å². The molecule has 2 heterocycles. The fourth-order valence-electron chi connectivity index (χ4n) is 3.10. The summed E-state index contributed by atoms with van der Waals surface area (Å²) in [5.74, 6) is 0.810. The quantitative estimate of drug-likeness (QED) is 0.823. The lowest BCUT2D eigenvalue weighted by Crippen LogP contribution is -2.37. The van der Waals surface area contributed by atoms with Gasteiger partial charge in [-0.1, -0.05) is 30.3 Å². The Labute approximate surface area is 131 Å². The third kappa shape index (κ3) is 3.97. The van der Waals surface area contributed by atoms with E-state index in [0.717, 1.165) is 38.2 Å². The van der Waals surface area contributed by atoms with E-state index in [-0.39, 0.29) is 12.6 Å². The second-order valence-corrected chi connectivity index (χ2v) is 5.94. The maximum atomic E-state index is 9.54. The molecule has 1 aromatic heterocycles. The lowest BCUT2D eigenvalue weighted by molar-refractivity contribution is 0.213. The highest BCUT2D eigenvalue weighted by atomic mass is 16.3. The molecule has 2 unspecified atom stereocenters. The van der Waals surface area contributed by atoms with Gasteiger partial charge in [0.1, 0.15) is 5.76 Å². The van der Waals surface area contributed by atoms with E-state index in [2.05, 4.69) is 40.5 Å². The predicted molar refractivity (Wildman–Crippen MR) is 86.7 cm³/mol. The minimum Gasteiger partial charge on any atom is -0.468 e. The molecule has 0 saturated carbocycles. The zero-order valence-corrected chi connectivity index (χ0v) is 12.8. The van der Waals surface area contributed by atoms with Gasteiger partial charge in [0.25, 0.3) is 0 Å². The molecular weight excluding hydrogens is 276 g/mol. The van der Waals surface area contributed by atoms with Crippen LogP contribution in [0.25, 0.3) is 0 Å². The Kier molecular flexibility index (Phi) is 5.27. The Morgan fingerprint density at radius 2 is 2.09 bits per heavy atom. The zero-order valence-electron chi connectivity index (χ0n) is 12.8. The number of benzene rings is 1. The summed E-state index contributed by atoms with van der Waals surface area (Å²) in [6.45, 7) is 3.30. The number of likely N-dealkylation sites (tertiary alicyclic amines) is 1. The third-order valence-corrected chi connectivity index (χ3v) is 4.34. The standard InChI is InChI=1S/C18H24N2O2/c21-14-17(18-7-4-12-22-18)19-16-9-11-20(13-16)10-8-15-5-2-1-3-6-15/h1-7,12,16-17,19,21H,8-11,13-14H2. The van der Waals surface area contributed by atoms with Gasteiger partial charge in [-0.3, -0.25) is 0 Å². The Bertz CT molecular complexity index is 541. The molecule has 1 fully saturated rings. The monoisotopic (exact) mass is 300 g/mol. The SMILES string of the molecule is OCC(NC1CCN(CCc2ccccc2)C1)c1ccco1. The van der Waals surface area contributed by atoms with Crippen molar-refractivity contribution >= 4 is 0 Å². The molecule has 0 radical (unpaired) electrons. The maximum Gasteiger partial charge on any atom is 0.123 e. The van der Waals surface area contributed by atoms with Gasteiger partial charge in [0.2, 0.25) is 0 Å². The Balaban J connectivity index is 1.46. The van der Waals surface area contributed by atoms with E-state index in [9.17, 15) is 5.11 Å². The molecule has 1 aliphatic rings. The average Bonchev–Trinajstić information content (AvgIpc) is 3.23. The van der Waals surface area contributed by atoms with E-state index in [1.807, 2.05) is 12.1 Å².